The van der Waals surface area contributed by atoms with E-state index in [1.807, 2.05) is 20.8 Å². The number of H-pyrrole nitrogens is 1. The van der Waals surface area contributed by atoms with Crippen LogP contribution in [0, 0.1) is 5.92 Å². The lowest BCUT2D eigenvalue weighted by atomic mass is 9.86. The third kappa shape index (κ3) is 5.43. The third-order valence-corrected chi connectivity index (χ3v) is 9.44. The minimum atomic E-state index is -3.63. The second-order valence-electron chi connectivity index (χ2n) is 8.48. The average molecular weight is 509 g/mol. The van der Waals surface area contributed by atoms with Gasteiger partial charge in [0, 0.05) is 30.9 Å². The van der Waals surface area contributed by atoms with Crippen molar-refractivity contribution in [1.29, 1.82) is 0 Å². The Bertz CT molecular complexity index is 1050. The number of benzene rings is 1. The monoisotopic (exact) mass is 508 g/mol. The van der Waals surface area contributed by atoms with Crippen LogP contribution >= 0.6 is 23.2 Å². The number of aromatic nitrogens is 2. The Kier molecular flexibility index (Phi) is 7.39. The van der Waals surface area contributed by atoms with Crippen LogP contribution in [0.4, 0.5) is 0 Å². The van der Waals surface area contributed by atoms with Gasteiger partial charge in [-0.25, -0.2) is 17.3 Å². The lowest BCUT2D eigenvalue weighted by Crippen LogP contribution is -2.44. The number of phenols is 1. The smallest absolute Gasteiger partial charge is 0.246 e. The molecule has 0 bridgehead atoms. The highest BCUT2D eigenvalue weighted by Crippen LogP contribution is 2.40. The summed E-state index contributed by atoms with van der Waals surface area (Å²) in [4.78, 5) is 0.122. The number of sulfonamides is 1. The molecular formula is C19H26Cl2N4O4S2. The summed E-state index contributed by atoms with van der Waals surface area (Å²) in [6.07, 6.45) is 3.66. The summed E-state index contributed by atoms with van der Waals surface area (Å²) < 4.78 is 42.4. The van der Waals surface area contributed by atoms with E-state index in [9.17, 15) is 17.7 Å². The number of hydrogen-bond donors (Lipinski definition) is 3. The van der Waals surface area contributed by atoms with E-state index >= 15 is 0 Å². The minimum absolute atomic E-state index is 0.0498. The molecule has 12 heteroatoms. The van der Waals surface area contributed by atoms with Crippen molar-refractivity contribution in [2.75, 3.05) is 13.1 Å². The predicted octanol–water partition coefficient (Wildman–Crippen LogP) is 3.62. The van der Waals surface area contributed by atoms with Crippen molar-refractivity contribution in [3.8, 4) is 5.75 Å². The lowest BCUT2D eigenvalue weighted by Gasteiger charge is -2.37. The summed E-state index contributed by atoms with van der Waals surface area (Å²) in [5.74, 6) is -0.128. The first-order valence-corrected chi connectivity index (χ1v) is 13.1. The summed E-state index contributed by atoms with van der Waals surface area (Å²) in [6, 6.07) is 2.45. The van der Waals surface area contributed by atoms with Crippen LogP contribution in [0.1, 0.15) is 45.2 Å². The van der Waals surface area contributed by atoms with Crippen molar-refractivity contribution < 1.29 is 17.7 Å². The number of aromatic amines is 1. The number of rotatable bonds is 6. The lowest BCUT2D eigenvalue weighted by molar-refractivity contribution is 0.235. The van der Waals surface area contributed by atoms with Crippen molar-refractivity contribution in [2.45, 2.75) is 49.3 Å². The van der Waals surface area contributed by atoms with E-state index in [-0.39, 0.29) is 26.6 Å². The number of piperidine rings is 1. The van der Waals surface area contributed by atoms with Gasteiger partial charge in [-0.1, -0.05) is 23.2 Å². The fourth-order valence-electron chi connectivity index (χ4n) is 3.49. The van der Waals surface area contributed by atoms with Crippen LogP contribution in [-0.4, -0.2) is 50.1 Å². The molecule has 2 atom stereocenters. The highest BCUT2D eigenvalue weighted by Gasteiger charge is 2.36. The van der Waals surface area contributed by atoms with Gasteiger partial charge >= 0.3 is 0 Å². The van der Waals surface area contributed by atoms with Gasteiger partial charge in [-0.15, -0.1) is 0 Å². The molecule has 1 aromatic carbocycles. The molecule has 172 valence electrons. The second kappa shape index (κ2) is 9.36. The quantitative estimate of drug-likeness (QED) is 0.550. The number of hydrogen-bond acceptors (Lipinski definition) is 5. The standard InChI is InChI=1S/C19H26Cl2N4O4S2/c1-19(2,3)30(27)24-18(14-8-15(20)16(21)9-17(14)26)12-4-6-25(7-5-12)31(28,29)13-10-22-23-11-13/h8-12,18,24,26H,4-7H2,1-3H3,(H,22,23)/t18-,30?/m1/s1. The Labute approximate surface area is 195 Å². The van der Waals surface area contributed by atoms with Gasteiger partial charge in [-0.05, 0) is 45.6 Å². The van der Waals surface area contributed by atoms with Crippen molar-refractivity contribution in [3.63, 3.8) is 0 Å². The van der Waals surface area contributed by atoms with E-state index in [0.717, 1.165) is 0 Å². The fourth-order valence-corrected chi connectivity index (χ4v) is 6.10. The zero-order valence-electron chi connectivity index (χ0n) is 17.4. The molecule has 1 aromatic heterocycles. The maximum atomic E-state index is 12.9. The Balaban J connectivity index is 1.86. The normalized spacial score (nSPS) is 18.7. The first-order chi connectivity index (χ1) is 14.4. The van der Waals surface area contributed by atoms with Crippen LogP contribution in [-0.2, 0) is 21.0 Å². The SMILES string of the molecule is CC(C)(C)S(=O)N[C@@H](c1cc(Cl)c(Cl)cc1O)C1CCN(S(=O)(=O)c2cn[nH]c2)CC1. The van der Waals surface area contributed by atoms with Gasteiger partial charge in [0.05, 0.1) is 38.0 Å². The summed E-state index contributed by atoms with van der Waals surface area (Å²) in [5, 5.41) is 17.3. The maximum absolute atomic E-state index is 12.9. The Morgan fingerprint density at radius 3 is 2.42 bits per heavy atom. The van der Waals surface area contributed by atoms with E-state index in [4.69, 9.17) is 23.2 Å². The molecule has 31 heavy (non-hydrogen) atoms. The first kappa shape index (κ1) is 24.5. The summed E-state index contributed by atoms with van der Waals surface area (Å²) in [5.41, 5.74) is 0.489. The largest absolute Gasteiger partial charge is 0.508 e. The van der Waals surface area contributed by atoms with Crippen molar-refractivity contribution in [2.24, 2.45) is 5.92 Å². The van der Waals surface area contributed by atoms with Gasteiger partial charge in [0.1, 0.15) is 10.6 Å². The van der Waals surface area contributed by atoms with Gasteiger partial charge in [-0.2, -0.15) is 9.40 Å². The molecule has 1 unspecified atom stereocenters. The summed E-state index contributed by atoms with van der Waals surface area (Å²) in [6.45, 7) is 6.13. The summed E-state index contributed by atoms with van der Waals surface area (Å²) >= 11 is 12.2. The zero-order valence-corrected chi connectivity index (χ0v) is 20.6. The second-order valence-corrected chi connectivity index (χ2v) is 13.2. The number of aromatic hydroxyl groups is 1. The van der Waals surface area contributed by atoms with E-state index < -0.39 is 31.8 Å². The fraction of sp³-hybridized carbons (Fsp3) is 0.526. The van der Waals surface area contributed by atoms with Crippen LogP contribution in [0.2, 0.25) is 10.0 Å². The van der Waals surface area contributed by atoms with Gasteiger partial charge in [-0.3, -0.25) is 5.10 Å². The van der Waals surface area contributed by atoms with Gasteiger partial charge < -0.3 is 5.11 Å². The van der Waals surface area contributed by atoms with Crippen LogP contribution in [0.3, 0.4) is 0 Å². The number of nitrogens with one attached hydrogen (secondary N) is 2. The Morgan fingerprint density at radius 1 is 1.26 bits per heavy atom. The number of nitrogens with zero attached hydrogens (tertiary/aromatic N) is 2. The number of phenolic OH excluding ortho intramolecular Hbond substituents is 1. The molecular weight excluding hydrogens is 483 g/mol. The minimum Gasteiger partial charge on any atom is -0.508 e. The summed E-state index contributed by atoms with van der Waals surface area (Å²) in [7, 11) is -5.05. The van der Waals surface area contributed by atoms with E-state index in [0.29, 0.717) is 31.5 Å². The highest BCUT2D eigenvalue weighted by molar-refractivity contribution is 7.89. The van der Waals surface area contributed by atoms with Gasteiger partial charge in [0.2, 0.25) is 10.0 Å². The van der Waals surface area contributed by atoms with Crippen LogP contribution in [0.15, 0.2) is 29.4 Å². The van der Waals surface area contributed by atoms with E-state index in [1.165, 1.54) is 22.8 Å². The Morgan fingerprint density at radius 2 is 1.87 bits per heavy atom. The maximum Gasteiger partial charge on any atom is 0.246 e. The van der Waals surface area contributed by atoms with Crippen LogP contribution in [0.25, 0.3) is 0 Å². The molecule has 1 fully saturated rings. The molecule has 3 N–H and O–H groups in total. The zero-order chi connectivity index (χ0) is 23.0. The molecule has 8 nitrogen and oxygen atoms in total. The van der Waals surface area contributed by atoms with Crippen molar-refractivity contribution >= 4 is 44.2 Å². The first-order valence-electron chi connectivity index (χ1n) is 9.76. The van der Waals surface area contributed by atoms with Gasteiger partial charge in [0.25, 0.3) is 0 Å². The molecule has 0 spiro atoms. The van der Waals surface area contributed by atoms with Crippen molar-refractivity contribution in [1.82, 2.24) is 19.2 Å². The molecule has 3 rings (SSSR count). The number of halogens is 2. The van der Waals surface area contributed by atoms with E-state index in [2.05, 4.69) is 14.9 Å². The molecule has 2 heterocycles. The molecule has 1 saturated heterocycles. The van der Waals surface area contributed by atoms with Crippen LogP contribution in [0.5, 0.6) is 5.75 Å². The third-order valence-electron chi connectivity index (χ3n) is 5.28. The van der Waals surface area contributed by atoms with Crippen molar-refractivity contribution in [3.05, 3.63) is 40.1 Å². The van der Waals surface area contributed by atoms with E-state index in [1.54, 1.807) is 6.07 Å². The molecule has 1 aliphatic rings. The molecule has 0 amide bonds. The molecule has 0 aliphatic carbocycles. The Hall–Kier alpha value is -1.17. The topological polar surface area (TPSA) is 115 Å². The molecule has 2 aromatic rings. The molecule has 0 saturated carbocycles. The molecule has 0 radical (unpaired) electrons. The predicted molar refractivity (Wildman–Crippen MR) is 122 cm³/mol. The molecule has 1 aliphatic heterocycles. The average Bonchev–Trinajstić information content (AvgIpc) is 3.24. The van der Waals surface area contributed by atoms with Gasteiger partial charge in [0.15, 0.2) is 0 Å². The highest BCUT2D eigenvalue weighted by atomic mass is 35.5. The van der Waals surface area contributed by atoms with Crippen LogP contribution < -0.4 is 4.72 Å².